The molecule has 100 valence electrons. The van der Waals surface area contributed by atoms with Crippen molar-refractivity contribution in [2.45, 2.75) is 32.6 Å². The van der Waals surface area contributed by atoms with Gasteiger partial charge in [-0.2, -0.15) is 4.98 Å². The fourth-order valence-electron chi connectivity index (χ4n) is 1.78. The van der Waals surface area contributed by atoms with Crippen LogP contribution in [0.15, 0.2) is 28.8 Å². The molecular weight excluding hydrogens is 247 g/mol. The number of Topliss-reactive ketones (excluding diaryl/α,β-unsaturated/α-hetero) is 1. The van der Waals surface area contributed by atoms with Gasteiger partial charge in [0.2, 0.25) is 5.89 Å². The largest absolute Gasteiger partial charge is 0.339 e. The number of hydrogen-bond acceptors (Lipinski definition) is 4. The number of carbonyl (C=O) groups excluding carboxylic acids is 1. The number of nitrogens with zero attached hydrogens (tertiary/aromatic N) is 2. The maximum Gasteiger partial charge on any atom is 0.234 e. The Labute approximate surface area is 110 Å². The summed E-state index contributed by atoms with van der Waals surface area (Å²) in [6, 6.07) is 6.45. The molecule has 1 aromatic heterocycles. The van der Waals surface area contributed by atoms with Crippen LogP contribution in [0.1, 0.15) is 37.0 Å². The summed E-state index contributed by atoms with van der Waals surface area (Å²) in [7, 11) is 0. The molecule has 0 aliphatic heterocycles. The van der Waals surface area contributed by atoms with Gasteiger partial charge in [0.25, 0.3) is 0 Å². The van der Waals surface area contributed by atoms with Gasteiger partial charge in [-0.3, -0.25) is 4.79 Å². The smallest absolute Gasteiger partial charge is 0.234 e. The molecule has 0 aliphatic rings. The SMILES string of the molecule is CCCC(=O)Cc1nc(Cc2ccccc2F)no1. The van der Waals surface area contributed by atoms with E-state index in [4.69, 9.17) is 4.52 Å². The summed E-state index contributed by atoms with van der Waals surface area (Å²) < 4.78 is 18.4. The van der Waals surface area contributed by atoms with E-state index < -0.39 is 0 Å². The Morgan fingerprint density at radius 3 is 2.89 bits per heavy atom. The summed E-state index contributed by atoms with van der Waals surface area (Å²) >= 11 is 0. The summed E-state index contributed by atoms with van der Waals surface area (Å²) in [5.74, 6) is 0.466. The molecule has 0 bridgehead atoms. The third-order valence-electron chi connectivity index (χ3n) is 2.69. The van der Waals surface area contributed by atoms with E-state index in [1.165, 1.54) is 6.07 Å². The normalized spacial score (nSPS) is 10.6. The molecule has 0 spiro atoms. The Hall–Kier alpha value is -2.04. The van der Waals surface area contributed by atoms with Gasteiger partial charge in [0.05, 0.1) is 6.42 Å². The minimum atomic E-state index is -0.295. The molecule has 2 aromatic rings. The molecule has 4 nitrogen and oxygen atoms in total. The lowest BCUT2D eigenvalue weighted by molar-refractivity contribution is -0.118. The Morgan fingerprint density at radius 2 is 2.16 bits per heavy atom. The summed E-state index contributed by atoms with van der Waals surface area (Å²) in [5.41, 5.74) is 0.509. The molecule has 0 unspecified atom stereocenters. The number of halogens is 1. The van der Waals surface area contributed by atoms with Crippen molar-refractivity contribution in [2.75, 3.05) is 0 Å². The lowest BCUT2D eigenvalue weighted by Gasteiger charge is -1.97. The zero-order chi connectivity index (χ0) is 13.7. The second-order valence-electron chi connectivity index (χ2n) is 4.34. The molecule has 0 saturated carbocycles. The molecule has 2 rings (SSSR count). The fraction of sp³-hybridized carbons (Fsp3) is 0.357. The zero-order valence-electron chi connectivity index (χ0n) is 10.7. The van der Waals surface area contributed by atoms with Crippen LogP contribution in [-0.2, 0) is 17.6 Å². The summed E-state index contributed by atoms with van der Waals surface area (Å²) in [5, 5.41) is 3.76. The van der Waals surface area contributed by atoms with Crippen molar-refractivity contribution in [2.24, 2.45) is 0 Å². The highest BCUT2D eigenvalue weighted by molar-refractivity contribution is 5.79. The minimum absolute atomic E-state index is 0.0728. The molecule has 0 N–H and O–H groups in total. The summed E-state index contributed by atoms with van der Waals surface area (Å²) in [4.78, 5) is 15.5. The monoisotopic (exact) mass is 262 g/mol. The Kier molecular flexibility index (Phi) is 4.39. The number of benzene rings is 1. The van der Waals surface area contributed by atoms with Gasteiger partial charge in [0.1, 0.15) is 11.6 Å². The number of rotatable bonds is 6. The van der Waals surface area contributed by atoms with Crippen molar-refractivity contribution >= 4 is 5.78 Å². The highest BCUT2D eigenvalue weighted by Crippen LogP contribution is 2.11. The number of carbonyl (C=O) groups is 1. The van der Waals surface area contributed by atoms with Crippen molar-refractivity contribution in [3.63, 3.8) is 0 Å². The number of ketones is 1. The lowest BCUT2D eigenvalue weighted by Crippen LogP contribution is -2.02. The van der Waals surface area contributed by atoms with Gasteiger partial charge < -0.3 is 4.52 Å². The molecule has 19 heavy (non-hydrogen) atoms. The standard InChI is InChI=1S/C14H15FN2O2/c1-2-5-11(18)9-14-16-13(17-19-14)8-10-6-3-4-7-12(10)15/h3-4,6-7H,2,5,8-9H2,1H3. The highest BCUT2D eigenvalue weighted by Gasteiger charge is 2.12. The predicted octanol–water partition coefficient (Wildman–Crippen LogP) is 2.71. The zero-order valence-corrected chi connectivity index (χ0v) is 10.7. The number of aromatic nitrogens is 2. The maximum absolute atomic E-state index is 13.5. The molecule has 5 heteroatoms. The Bertz CT molecular complexity index is 566. The van der Waals surface area contributed by atoms with Gasteiger partial charge in [-0.1, -0.05) is 30.3 Å². The van der Waals surface area contributed by atoms with E-state index in [-0.39, 0.29) is 24.4 Å². The predicted molar refractivity (Wildman–Crippen MR) is 67.1 cm³/mol. The molecule has 0 radical (unpaired) electrons. The van der Waals surface area contributed by atoms with E-state index in [0.29, 0.717) is 23.7 Å². The van der Waals surface area contributed by atoms with Crippen molar-refractivity contribution in [1.29, 1.82) is 0 Å². The number of hydrogen-bond donors (Lipinski definition) is 0. The van der Waals surface area contributed by atoms with Crippen LogP contribution < -0.4 is 0 Å². The van der Waals surface area contributed by atoms with Crippen molar-refractivity contribution in [3.05, 3.63) is 47.4 Å². The summed E-state index contributed by atoms with van der Waals surface area (Å²) in [6.07, 6.45) is 1.72. The van der Waals surface area contributed by atoms with Crippen molar-refractivity contribution in [3.8, 4) is 0 Å². The topological polar surface area (TPSA) is 56.0 Å². The Morgan fingerprint density at radius 1 is 1.37 bits per heavy atom. The fourth-order valence-corrected chi connectivity index (χ4v) is 1.78. The quantitative estimate of drug-likeness (QED) is 0.803. The van der Waals surface area contributed by atoms with Gasteiger partial charge in [0, 0.05) is 12.8 Å². The van der Waals surface area contributed by atoms with Gasteiger partial charge in [-0.05, 0) is 18.1 Å². The molecule has 0 aliphatic carbocycles. The average molecular weight is 262 g/mol. The first-order chi connectivity index (χ1) is 9.19. The van der Waals surface area contributed by atoms with Crippen LogP contribution >= 0.6 is 0 Å². The third-order valence-corrected chi connectivity index (χ3v) is 2.69. The minimum Gasteiger partial charge on any atom is -0.339 e. The van der Waals surface area contributed by atoms with Crippen LogP contribution in [0.5, 0.6) is 0 Å². The lowest BCUT2D eigenvalue weighted by atomic mass is 10.1. The van der Waals surface area contributed by atoms with Gasteiger partial charge >= 0.3 is 0 Å². The molecule has 0 saturated heterocycles. The molecule has 0 atom stereocenters. The second kappa shape index (κ2) is 6.22. The van der Waals surface area contributed by atoms with E-state index in [9.17, 15) is 9.18 Å². The molecule has 0 fully saturated rings. The third kappa shape index (κ3) is 3.71. The van der Waals surface area contributed by atoms with Crippen LogP contribution in [0.3, 0.4) is 0 Å². The Balaban J connectivity index is 2.02. The van der Waals surface area contributed by atoms with Crippen LogP contribution in [0.4, 0.5) is 4.39 Å². The van der Waals surface area contributed by atoms with Gasteiger partial charge in [-0.25, -0.2) is 4.39 Å². The molecular formula is C14H15FN2O2. The first-order valence-electron chi connectivity index (χ1n) is 6.25. The van der Waals surface area contributed by atoms with E-state index in [2.05, 4.69) is 10.1 Å². The second-order valence-corrected chi connectivity index (χ2v) is 4.34. The van der Waals surface area contributed by atoms with E-state index >= 15 is 0 Å². The first-order valence-corrected chi connectivity index (χ1v) is 6.25. The molecule has 0 amide bonds. The molecule has 1 aromatic carbocycles. The van der Waals surface area contributed by atoms with Crippen LogP contribution in [0, 0.1) is 5.82 Å². The van der Waals surface area contributed by atoms with Crippen LogP contribution in [0.25, 0.3) is 0 Å². The van der Waals surface area contributed by atoms with Crippen molar-refractivity contribution in [1.82, 2.24) is 10.1 Å². The summed E-state index contributed by atoms with van der Waals surface area (Å²) in [6.45, 7) is 1.94. The van der Waals surface area contributed by atoms with Crippen LogP contribution in [0.2, 0.25) is 0 Å². The van der Waals surface area contributed by atoms with E-state index in [1.54, 1.807) is 18.2 Å². The van der Waals surface area contributed by atoms with Crippen LogP contribution in [-0.4, -0.2) is 15.9 Å². The maximum atomic E-state index is 13.5. The van der Waals surface area contributed by atoms with E-state index in [1.807, 2.05) is 6.92 Å². The average Bonchev–Trinajstić information content (AvgIpc) is 2.80. The highest BCUT2D eigenvalue weighted by atomic mass is 19.1. The molecule has 1 heterocycles. The van der Waals surface area contributed by atoms with E-state index in [0.717, 1.165) is 6.42 Å². The van der Waals surface area contributed by atoms with Gasteiger partial charge in [0.15, 0.2) is 5.82 Å². The van der Waals surface area contributed by atoms with Crippen molar-refractivity contribution < 1.29 is 13.7 Å². The van der Waals surface area contributed by atoms with Gasteiger partial charge in [-0.15, -0.1) is 0 Å². The first kappa shape index (κ1) is 13.4.